The molecule has 0 fully saturated rings. The Bertz CT molecular complexity index is 419. The van der Waals surface area contributed by atoms with Gasteiger partial charge in [0.05, 0.1) is 13.0 Å². The van der Waals surface area contributed by atoms with Crippen molar-refractivity contribution in [1.82, 2.24) is 0 Å². The van der Waals surface area contributed by atoms with Crippen LogP contribution in [0.1, 0.15) is 23.6 Å². The average molecular weight is 240 g/mol. The average Bonchev–Trinajstić information content (AvgIpc) is 2.27. The molecule has 2 atom stereocenters. The number of fused-ring (bicyclic) bond motifs is 1. The lowest BCUT2D eigenvalue weighted by atomic mass is 9.81. The van der Waals surface area contributed by atoms with Crippen LogP contribution in [0.25, 0.3) is 0 Å². The van der Waals surface area contributed by atoms with Crippen molar-refractivity contribution in [2.45, 2.75) is 18.9 Å². The van der Waals surface area contributed by atoms with E-state index in [2.05, 4.69) is 0 Å². The first-order valence-electron chi connectivity index (χ1n) is 5.23. The summed E-state index contributed by atoms with van der Waals surface area (Å²) >= 11 is 5.93. The van der Waals surface area contributed by atoms with Crippen LogP contribution in [-0.2, 0) is 16.0 Å². The van der Waals surface area contributed by atoms with Crippen molar-refractivity contribution >= 4 is 17.6 Å². The van der Waals surface area contributed by atoms with Gasteiger partial charge in [0.25, 0.3) is 0 Å². The van der Waals surface area contributed by atoms with Crippen LogP contribution in [0.3, 0.4) is 0 Å². The molecule has 1 aliphatic carbocycles. The molecule has 4 heteroatoms. The number of carbonyl (C=O) groups excluding carboxylic acids is 1. The number of rotatable bonds is 1. The molecule has 3 nitrogen and oxygen atoms in total. The van der Waals surface area contributed by atoms with E-state index in [0.29, 0.717) is 17.9 Å². The maximum atomic E-state index is 11.5. The number of nitrogens with two attached hydrogens (primary N) is 1. The summed E-state index contributed by atoms with van der Waals surface area (Å²) in [5, 5.41) is 0.677. The van der Waals surface area contributed by atoms with Crippen molar-refractivity contribution in [3.05, 3.63) is 34.3 Å². The Morgan fingerprint density at radius 3 is 3.00 bits per heavy atom. The van der Waals surface area contributed by atoms with Crippen LogP contribution >= 0.6 is 11.6 Å². The molecule has 0 amide bonds. The Labute approximate surface area is 99.5 Å². The molecule has 0 unspecified atom stereocenters. The van der Waals surface area contributed by atoms with Crippen LogP contribution in [-0.4, -0.2) is 13.1 Å². The van der Waals surface area contributed by atoms with Crippen LogP contribution in [0.2, 0.25) is 5.02 Å². The zero-order chi connectivity index (χ0) is 11.7. The highest BCUT2D eigenvalue weighted by molar-refractivity contribution is 6.30. The van der Waals surface area contributed by atoms with Gasteiger partial charge in [-0.25, -0.2) is 0 Å². The minimum Gasteiger partial charge on any atom is -0.469 e. The molecule has 1 aromatic rings. The molecular formula is C12H14ClNO2. The number of carbonyl (C=O) groups is 1. The normalized spacial score (nSPS) is 23.7. The summed E-state index contributed by atoms with van der Waals surface area (Å²) in [5.41, 5.74) is 8.17. The molecule has 0 aromatic heterocycles. The van der Waals surface area contributed by atoms with E-state index >= 15 is 0 Å². The summed E-state index contributed by atoms with van der Waals surface area (Å²) < 4.78 is 4.76. The minimum absolute atomic E-state index is 0.106. The summed E-state index contributed by atoms with van der Waals surface area (Å²) in [5.74, 6) is -0.341. The van der Waals surface area contributed by atoms with Crippen molar-refractivity contribution in [2.24, 2.45) is 11.7 Å². The standard InChI is InChI=1S/C12H14ClNO2/c1-16-12(15)8-4-7-5-9(13)2-3-10(7)11(14)6-8/h2-3,5,8,11H,4,6,14H2,1H3/t8-,11+/m1/s1. The van der Waals surface area contributed by atoms with Gasteiger partial charge in [0.1, 0.15) is 0 Å². The maximum absolute atomic E-state index is 11.5. The highest BCUT2D eigenvalue weighted by Gasteiger charge is 2.29. The summed E-state index contributed by atoms with van der Waals surface area (Å²) in [7, 11) is 1.40. The molecule has 0 heterocycles. The third kappa shape index (κ3) is 2.06. The maximum Gasteiger partial charge on any atom is 0.309 e. The third-order valence-corrected chi connectivity index (χ3v) is 3.28. The number of ether oxygens (including phenoxy) is 1. The predicted molar refractivity (Wildman–Crippen MR) is 62.2 cm³/mol. The number of esters is 1. The predicted octanol–water partition coefficient (Wildman–Crippen LogP) is 2.08. The Morgan fingerprint density at radius 1 is 1.56 bits per heavy atom. The van der Waals surface area contributed by atoms with Gasteiger partial charge in [-0.15, -0.1) is 0 Å². The molecule has 1 aromatic carbocycles. The van der Waals surface area contributed by atoms with E-state index in [0.717, 1.165) is 11.1 Å². The first-order valence-corrected chi connectivity index (χ1v) is 5.61. The number of methoxy groups -OCH3 is 1. The van der Waals surface area contributed by atoms with Gasteiger partial charge >= 0.3 is 5.97 Å². The van der Waals surface area contributed by atoms with Crippen LogP contribution < -0.4 is 5.73 Å². The van der Waals surface area contributed by atoms with E-state index in [-0.39, 0.29) is 17.9 Å². The van der Waals surface area contributed by atoms with Crippen molar-refractivity contribution < 1.29 is 9.53 Å². The molecule has 2 rings (SSSR count). The van der Waals surface area contributed by atoms with E-state index in [4.69, 9.17) is 22.1 Å². The number of hydrogen-bond donors (Lipinski definition) is 1. The van der Waals surface area contributed by atoms with Crippen LogP contribution in [0, 0.1) is 5.92 Å². The molecule has 0 spiro atoms. The number of halogens is 1. The fraction of sp³-hybridized carbons (Fsp3) is 0.417. The lowest BCUT2D eigenvalue weighted by Crippen LogP contribution is -2.29. The molecule has 86 valence electrons. The Balaban J connectivity index is 2.31. The highest BCUT2D eigenvalue weighted by Crippen LogP contribution is 2.33. The quantitative estimate of drug-likeness (QED) is 0.764. The van der Waals surface area contributed by atoms with Gasteiger partial charge in [0, 0.05) is 11.1 Å². The van der Waals surface area contributed by atoms with Gasteiger partial charge < -0.3 is 10.5 Å². The third-order valence-electron chi connectivity index (χ3n) is 3.04. The van der Waals surface area contributed by atoms with Crippen molar-refractivity contribution in [2.75, 3.05) is 7.11 Å². The van der Waals surface area contributed by atoms with Crippen LogP contribution in [0.15, 0.2) is 18.2 Å². The number of benzene rings is 1. The lowest BCUT2D eigenvalue weighted by Gasteiger charge is -2.27. The van der Waals surface area contributed by atoms with Gasteiger partial charge in [-0.1, -0.05) is 17.7 Å². The lowest BCUT2D eigenvalue weighted by molar-refractivity contribution is -0.146. The molecule has 2 N–H and O–H groups in total. The van der Waals surface area contributed by atoms with Crippen molar-refractivity contribution in [3.63, 3.8) is 0 Å². The number of hydrogen-bond acceptors (Lipinski definition) is 3. The minimum atomic E-state index is -0.193. The first kappa shape index (κ1) is 11.4. The SMILES string of the molecule is COC(=O)[C@@H]1Cc2cc(Cl)ccc2[C@@H](N)C1. The second-order valence-electron chi connectivity index (χ2n) is 4.11. The zero-order valence-electron chi connectivity index (χ0n) is 9.07. The van der Waals surface area contributed by atoms with Crippen molar-refractivity contribution in [3.8, 4) is 0 Å². The zero-order valence-corrected chi connectivity index (χ0v) is 9.83. The summed E-state index contributed by atoms with van der Waals surface area (Å²) in [6.45, 7) is 0. The van der Waals surface area contributed by atoms with E-state index in [1.807, 2.05) is 18.2 Å². The molecule has 1 aliphatic rings. The van der Waals surface area contributed by atoms with Gasteiger partial charge in [0.15, 0.2) is 0 Å². The Kier molecular flexibility index (Phi) is 3.17. The van der Waals surface area contributed by atoms with Crippen LogP contribution in [0.4, 0.5) is 0 Å². The Morgan fingerprint density at radius 2 is 2.31 bits per heavy atom. The van der Waals surface area contributed by atoms with Crippen molar-refractivity contribution in [1.29, 1.82) is 0 Å². The molecule has 0 saturated heterocycles. The molecule has 0 aliphatic heterocycles. The van der Waals surface area contributed by atoms with Gasteiger partial charge in [-0.2, -0.15) is 0 Å². The highest BCUT2D eigenvalue weighted by atomic mass is 35.5. The van der Waals surface area contributed by atoms with E-state index in [1.54, 1.807) is 0 Å². The van der Waals surface area contributed by atoms with E-state index in [9.17, 15) is 4.79 Å². The summed E-state index contributed by atoms with van der Waals surface area (Å²) in [4.78, 5) is 11.5. The molecule has 0 saturated carbocycles. The topological polar surface area (TPSA) is 52.3 Å². The second-order valence-corrected chi connectivity index (χ2v) is 4.55. The van der Waals surface area contributed by atoms with Crippen LogP contribution in [0.5, 0.6) is 0 Å². The Hall–Kier alpha value is -1.06. The van der Waals surface area contributed by atoms with Gasteiger partial charge in [0.2, 0.25) is 0 Å². The molecular weight excluding hydrogens is 226 g/mol. The van der Waals surface area contributed by atoms with E-state index in [1.165, 1.54) is 7.11 Å². The van der Waals surface area contributed by atoms with Gasteiger partial charge in [-0.3, -0.25) is 4.79 Å². The molecule has 16 heavy (non-hydrogen) atoms. The molecule has 0 radical (unpaired) electrons. The summed E-state index contributed by atoms with van der Waals surface area (Å²) in [6, 6.07) is 5.55. The van der Waals surface area contributed by atoms with Gasteiger partial charge in [-0.05, 0) is 36.1 Å². The fourth-order valence-corrected chi connectivity index (χ4v) is 2.44. The van der Waals surface area contributed by atoms with E-state index < -0.39 is 0 Å². The first-order chi connectivity index (χ1) is 7.61. The fourth-order valence-electron chi connectivity index (χ4n) is 2.24. The largest absolute Gasteiger partial charge is 0.469 e. The smallest absolute Gasteiger partial charge is 0.309 e. The summed E-state index contributed by atoms with van der Waals surface area (Å²) in [6.07, 6.45) is 1.30. The second kappa shape index (κ2) is 4.44. The monoisotopic (exact) mass is 239 g/mol. The molecule has 0 bridgehead atoms.